The third-order valence-electron chi connectivity index (χ3n) is 2.02. The first-order valence-electron chi connectivity index (χ1n) is 4.42. The van der Waals surface area contributed by atoms with Gasteiger partial charge in [0.1, 0.15) is 0 Å². The van der Waals surface area contributed by atoms with Gasteiger partial charge in [-0.15, -0.1) is 0 Å². The fourth-order valence-corrected chi connectivity index (χ4v) is 0.588. The van der Waals surface area contributed by atoms with Crippen LogP contribution in [0.1, 0.15) is 33.6 Å². The Morgan fingerprint density at radius 1 is 1.50 bits per heavy atom. The largest absolute Gasteiger partial charge is 0.465 e. The molecule has 0 fully saturated rings. The Balaban J connectivity index is 3.72. The standard InChI is InChI=1S/C9H19NO2/c1-4-9(2,3)8(11)12-7-5-6-10/h4-7,10H2,1-3H3. The normalized spacial score (nSPS) is 11.3. The Labute approximate surface area is 74.3 Å². The van der Waals surface area contributed by atoms with Gasteiger partial charge in [0.05, 0.1) is 12.0 Å². The third-order valence-corrected chi connectivity index (χ3v) is 2.02. The zero-order chi connectivity index (χ0) is 9.61. The summed E-state index contributed by atoms with van der Waals surface area (Å²) < 4.78 is 5.02. The molecule has 0 aliphatic rings. The van der Waals surface area contributed by atoms with Crippen LogP contribution < -0.4 is 5.73 Å². The van der Waals surface area contributed by atoms with Crippen LogP contribution in [-0.4, -0.2) is 19.1 Å². The van der Waals surface area contributed by atoms with E-state index in [0.29, 0.717) is 13.2 Å². The van der Waals surface area contributed by atoms with Crippen molar-refractivity contribution < 1.29 is 9.53 Å². The lowest BCUT2D eigenvalue weighted by molar-refractivity contribution is -0.154. The van der Waals surface area contributed by atoms with Gasteiger partial charge in [0.2, 0.25) is 0 Å². The molecule has 0 spiro atoms. The fourth-order valence-electron chi connectivity index (χ4n) is 0.588. The van der Waals surface area contributed by atoms with Crippen LogP contribution in [0.3, 0.4) is 0 Å². The molecule has 2 N–H and O–H groups in total. The summed E-state index contributed by atoms with van der Waals surface area (Å²) in [6.07, 6.45) is 1.54. The van der Waals surface area contributed by atoms with Gasteiger partial charge < -0.3 is 10.5 Å². The van der Waals surface area contributed by atoms with Crippen molar-refractivity contribution in [3.05, 3.63) is 0 Å². The van der Waals surface area contributed by atoms with Crippen LogP contribution in [0.25, 0.3) is 0 Å². The maximum absolute atomic E-state index is 11.3. The maximum Gasteiger partial charge on any atom is 0.311 e. The van der Waals surface area contributed by atoms with Crippen LogP contribution in [0.2, 0.25) is 0 Å². The minimum Gasteiger partial charge on any atom is -0.465 e. The van der Waals surface area contributed by atoms with E-state index < -0.39 is 0 Å². The highest BCUT2D eigenvalue weighted by molar-refractivity contribution is 5.75. The van der Waals surface area contributed by atoms with E-state index in [0.717, 1.165) is 12.8 Å². The van der Waals surface area contributed by atoms with Gasteiger partial charge in [-0.3, -0.25) is 4.79 Å². The van der Waals surface area contributed by atoms with E-state index >= 15 is 0 Å². The molecule has 3 nitrogen and oxygen atoms in total. The first-order chi connectivity index (χ1) is 5.54. The molecular formula is C9H19NO2. The average Bonchev–Trinajstić information content (AvgIpc) is 2.05. The number of nitrogens with two attached hydrogens (primary N) is 1. The van der Waals surface area contributed by atoms with Crippen molar-refractivity contribution in [3.63, 3.8) is 0 Å². The first-order valence-corrected chi connectivity index (χ1v) is 4.42. The summed E-state index contributed by atoms with van der Waals surface area (Å²) in [4.78, 5) is 11.3. The molecule has 0 aliphatic heterocycles. The predicted octanol–water partition coefficient (Wildman–Crippen LogP) is 1.31. The van der Waals surface area contributed by atoms with E-state index in [1.807, 2.05) is 20.8 Å². The number of rotatable bonds is 5. The van der Waals surface area contributed by atoms with Crippen molar-refractivity contribution in [2.45, 2.75) is 33.6 Å². The van der Waals surface area contributed by atoms with Crippen LogP contribution in [0.5, 0.6) is 0 Å². The minimum absolute atomic E-state index is 0.126. The quantitative estimate of drug-likeness (QED) is 0.504. The first kappa shape index (κ1) is 11.4. The molecule has 0 saturated carbocycles. The molecule has 0 aromatic heterocycles. The molecule has 0 unspecified atom stereocenters. The van der Waals surface area contributed by atoms with Crippen molar-refractivity contribution in [2.24, 2.45) is 11.1 Å². The minimum atomic E-state index is -0.353. The molecular weight excluding hydrogens is 154 g/mol. The molecule has 0 aromatic carbocycles. The number of carbonyl (C=O) groups excluding carboxylic acids is 1. The summed E-state index contributed by atoms with van der Waals surface area (Å²) >= 11 is 0. The molecule has 0 bridgehead atoms. The van der Waals surface area contributed by atoms with E-state index in [9.17, 15) is 4.79 Å². The zero-order valence-corrected chi connectivity index (χ0v) is 8.22. The van der Waals surface area contributed by atoms with Gasteiger partial charge in [-0.1, -0.05) is 6.92 Å². The van der Waals surface area contributed by atoms with E-state index in [1.165, 1.54) is 0 Å². The lowest BCUT2D eigenvalue weighted by Gasteiger charge is -2.19. The second-order valence-corrected chi connectivity index (χ2v) is 3.52. The molecule has 0 atom stereocenters. The van der Waals surface area contributed by atoms with Crippen LogP contribution in [0, 0.1) is 5.41 Å². The van der Waals surface area contributed by atoms with E-state index in [1.54, 1.807) is 0 Å². The number of ether oxygens (including phenoxy) is 1. The number of esters is 1. The summed E-state index contributed by atoms with van der Waals surface area (Å²) in [5, 5.41) is 0. The summed E-state index contributed by atoms with van der Waals surface area (Å²) in [7, 11) is 0. The monoisotopic (exact) mass is 173 g/mol. The highest BCUT2D eigenvalue weighted by Gasteiger charge is 2.26. The molecule has 0 rings (SSSR count). The van der Waals surface area contributed by atoms with Gasteiger partial charge in [0.25, 0.3) is 0 Å². The molecule has 12 heavy (non-hydrogen) atoms. The number of carbonyl (C=O) groups is 1. The SMILES string of the molecule is CCC(C)(C)C(=O)OCCCN. The number of hydrogen-bond acceptors (Lipinski definition) is 3. The van der Waals surface area contributed by atoms with Gasteiger partial charge in [0, 0.05) is 0 Å². The second-order valence-electron chi connectivity index (χ2n) is 3.52. The predicted molar refractivity (Wildman–Crippen MR) is 48.7 cm³/mol. The van der Waals surface area contributed by atoms with Crippen molar-refractivity contribution in [3.8, 4) is 0 Å². The lowest BCUT2D eigenvalue weighted by Crippen LogP contribution is -2.26. The Bertz CT molecular complexity index is 143. The van der Waals surface area contributed by atoms with Crippen molar-refractivity contribution in [2.75, 3.05) is 13.2 Å². The van der Waals surface area contributed by atoms with Crippen molar-refractivity contribution in [1.29, 1.82) is 0 Å². The Kier molecular flexibility index (Phi) is 4.90. The average molecular weight is 173 g/mol. The van der Waals surface area contributed by atoms with Crippen molar-refractivity contribution in [1.82, 2.24) is 0 Å². The fraction of sp³-hybridized carbons (Fsp3) is 0.889. The van der Waals surface area contributed by atoms with Gasteiger partial charge in [-0.05, 0) is 33.2 Å². The van der Waals surface area contributed by atoms with Gasteiger partial charge in [-0.2, -0.15) is 0 Å². The summed E-state index contributed by atoms with van der Waals surface area (Å²) in [5.74, 6) is -0.126. The summed E-state index contributed by atoms with van der Waals surface area (Å²) in [5.41, 5.74) is 4.91. The molecule has 72 valence electrons. The van der Waals surface area contributed by atoms with Crippen LogP contribution in [0.4, 0.5) is 0 Å². The van der Waals surface area contributed by atoms with Crippen LogP contribution >= 0.6 is 0 Å². The molecule has 0 heterocycles. The zero-order valence-electron chi connectivity index (χ0n) is 8.22. The second kappa shape index (κ2) is 5.14. The topological polar surface area (TPSA) is 52.3 Å². The summed E-state index contributed by atoms with van der Waals surface area (Å²) in [6, 6.07) is 0. The van der Waals surface area contributed by atoms with Gasteiger partial charge in [0.15, 0.2) is 0 Å². The van der Waals surface area contributed by atoms with Crippen molar-refractivity contribution >= 4 is 5.97 Å². The Morgan fingerprint density at radius 3 is 2.50 bits per heavy atom. The molecule has 3 heteroatoms. The third kappa shape index (κ3) is 3.72. The molecule has 0 aromatic rings. The van der Waals surface area contributed by atoms with E-state index in [-0.39, 0.29) is 11.4 Å². The smallest absolute Gasteiger partial charge is 0.311 e. The molecule has 0 aliphatic carbocycles. The van der Waals surface area contributed by atoms with Crippen LogP contribution in [0.15, 0.2) is 0 Å². The molecule has 0 radical (unpaired) electrons. The van der Waals surface area contributed by atoms with Gasteiger partial charge in [-0.25, -0.2) is 0 Å². The Hall–Kier alpha value is -0.570. The highest BCUT2D eigenvalue weighted by Crippen LogP contribution is 2.21. The highest BCUT2D eigenvalue weighted by atomic mass is 16.5. The van der Waals surface area contributed by atoms with Gasteiger partial charge >= 0.3 is 5.97 Å². The Morgan fingerprint density at radius 2 is 2.08 bits per heavy atom. The lowest BCUT2D eigenvalue weighted by atomic mass is 9.91. The molecule has 0 saturated heterocycles. The van der Waals surface area contributed by atoms with Crippen LogP contribution in [-0.2, 0) is 9.53 Å². The van der Waals surface area contributed by atoms with E-state index in [2.05, 4.69) is 0 Å². The maximum atomic E-state index is 11.3. The summed E-state index contributed by atoms with van der Waals surface area (Å²) in [6.45, 7) is 6.76. The molecule has 0 amide bonds. The number of hydrogen-bond donors (Lipinski definition) is 1. The van der Waals surface area contributed by atoms with E-state index in [4.69, 9.17) is 10.5 Å².